The van der Waals surface area contributed by atoms with E-state index in [2.05, 4.69) is 16.4 Å². The third kappa shape index (κ3) is 5.81. The number of rotatable bonds is 11. The molecule has 0 radical (unpaired) electrons. The van der Waals surface area contributed by atoms with Crippen molar-refractivity contribution in [1.29, 1.82) is 0 Å². The number of hydrogen-bond acceptors (Lipinski definition) is 14. The van der Waals surface area contributed by atoms with E-state index in [9.17, 15) is 42.1 Å². The molecule has 1 aliphatic heterocycles. The van der Waals surface area contributed by atoms with E-state index in [0.29, 0.717) is 12.8 Å². The van der Waals surface area contributed by atoms with Crippen LogP contribution in [0.5, 0.6) is 5.88 Å². The number of sulfone groups is 1. The molecule has 3 aromatic rings. The second-order valence-corrected chi connectivity index (χ2v) is 17.1. The highest BCUT2D eigenvalue weighted by Gasteiger charge is 2.78. The summed E-state index contributed by atoms with van der Waals surface area (Å²) in [7, 11) is -4.28. The molecule has 7 rings (SSSR count). The van der Waals surface area contributed by atoms with E-state index < -0.39 is 84.5 Å². The first-order valence-electron chi connectivity index (χ1n) is 18.1. The summed E-state index contributed by atoms with van der Waals surface area (Å²) in [5.41, 5.74) is -3.97. The van der Waals surface area contributed by atoms with Gasteiger partial charge < -0.3 is 23.7 Å². The number of ketones is 2. The number of fused-ring (bicyclic) bond motifs is 2. The van der Waals surface area contributed by atoms with Gasteiger partial charge in [-0.3, -0.25) is 14.4 Å². The molecule has 4 aliphatic rings. The molecule has 6 atom stereocenters. The number of ether oxygens (including phenoxy) is 4. The van der Waals surface area contributed by atoms with Gasteiger partial charge >= 0.3 is 28.8 Å². The third-order valence-electron chi connectivity index (χ3n) is 11.9. The molecule has 0 amide bonds. The molecule has 4 fully saturated rings. The van der Waals surface area contributed by atoms with Crippen LogP contribution >= 0.6 is 0 Å². The summed E-state index contributed by atoms with van der Waals surface area (Å²) in [6.07, 6.45) is 0.633. The molecular weight excluding hydrogens is 752 g/mol. The summed E-state index contributed by atoms with van der Waals surface area (Å²) < 4.78 is 52.6. The van der Waals surface area contributed by atoms with Crippen LogP contribution in [-0.2, 0) is 43.2 Å². The maximum atomic E-state index is 14.1. The molecule has 3 saturated carbocycles. The molecule has 294 valence electrons. The number of benzene rings is 2. The van der Waals surface area contributed by atoms with Crippen LogP contribution in [-0.4, -0.2) is 75.3 Å². The number of aromatic amines is 1. The van der Waals surface area contributed by atoms with Crippen LogP contribution in [0, 0.1) is 38.9 Å². The highest BCUT2D eigenvalue weighted by molar-refractivity contribution is 7.91. The van der Waals surface area contributed by atoms with Crippen molar-refractivity contribution in [2.45, 2.75) is 62.0 Å². The van der Waals surface area contributed by atoms with Crippen LogP contribution in [0.3, 0.4) is 0 Å². The Balaban J connectivity index is 1.01. The fourth-order valence-electron chi connectivity index (χ4n) is 9.18. The number of esters is 3. The monoisotopic (exact) mass is 791 g/mol. The number of carbonyl (C=O) groups is 6. The smallest absolute Gasteiger partial charge is 0.404 e. The van der Waals surface area contributed by atoms with Crippen molar-refractivity contribution in [2.75, 3.05) is 19.8 Å². The Morgan fingerprint density at radius 1 is 1.00 bits per heavy atom. The van der Waals surface area contributed by atoms with E-state index in [-0.39, 0.29) is 71.1 Å². The Bertz CT molecular complexity index is 2310. The predicted molar refractivity (Wildman–Crippen MR) is 188 cm³/mol. The summed E-state index contributed by atoms with van der Waals surface area (Å²) in [5.74, 6) is -6.39. The van der Waals surface area contributed by atoms with Gasteiger partial charge in [0.15, 0.2) is 11.2 Å². The Morgan fingerprint density at radius 2 is 1.68 bits per heavy atom. The van der Waals surface area contributed by atoms with Crippen LogP contribution in [0.25, 0.3) is 0 Å². The topological polar surface area (TPSA) is 225 Å². The summed E-state index contributed by atoms with van der Waals surface area (Å²) in [6.45, 7) is 7.03. The number of nitrogens with one attached hydrogen (secondary N) is 1. The minimum atomic E-state index is -4.28. The fourth-order valence-corrected chi connectivity index (χ4v) is 10.5. The summed E-state index contributed by atoms with van der Waals surface area (Å²) in [6, 6.07) is 12.5. The van der Waals surface area contributed by atoms with E-state index >= 15 is 0 Å². The van der Waals surface area contributed by atoms with Gasteiger partial charge in [0, 0.05) is 30.6 Å². The fraction of sp³-hybridized carbons (Fsp3) is 0.436. The number of carbonyl (C=O) groups excluding carboxylic acids is 6. The van der Waals surface area contributed by atoms with Gasteiger partial charge in [0.25, 0.3) is 9.84 Å². The van der Waals surface area contributed by atoms with Crippen LogP contribution in [0.15, 0.2) is 81.3 Å². The SMILES string of the molecule is C=C1C(=O)[C@@]23C(=O)OC[C@]4(C(=O)CCC(C)(C)[C@H]4C=O)[C@@H]2CC[C@@H]1[C@H]3OC(=O)c1ccc(C(=O)OCCCOc2[nH]o[n+](=O)c2S(=O)(=O)c2ccccc2)cc1. The van der Waals surface area contributed by atoms with Crippen molar-refractivity contribution in [3.63, 3.8) is 0 Å². The second-order valence-electron chi connectivity index (χ2n) is 15.2. The van der Waals surface area contributed by atoms with Gasteiger partial charge in [-0.25, -0.2) is 18.0 Å². The van der Waals surface area contributed by atoms with Gasteiger partial charge in [0.1, 0.15) is 24.8 Å². The molecular formula is C39H39N2O14S+. The molecule has 0 unspecified atom stereocenters. The number of aromatic nitrogens is 2. The molecule has 1 aromatic heterocycles. The molecule has 16 nitrogen and oxygen atoms in total. The van der Waals surface area contributed by atoms with Gasteiger partial charge in [0.05, 0.1) is 34.7 Å². The van der Waals surface area contributed by atoms with Gasteiger partial charge in [-0.15, -0.1) is 0 Å². The van der Waals surface area contributed by atoms with Crippen molar-refractivity contribution in [3.8, 4) is 5.88 Å². The van der Waals surface area contributed by atoms with Gasteiger partial charge in [-0.1, -0.05) is 43.3 Å². The Kier molecular flexibility index (Phi) is 9.71. The zero-order valence-electron chi connectivity index (χ0n) is 30.5. The van der Waals surface area contributed by atoms with Crippen molar-refractivity contribution in [2.24, 2.45) is 34.0 Å². The molecule has 1 N–H and O–H groups in total. The summed E-state index contributed by atoms with van der Waals surface area (Å²) in [5, 5.41) is 1.35. The number of hydrogen-bond donors (Lipinski definition) is 1. The third-order valence-corrected chi connectivity index (χ3v) is 13.7. The lowest BCUT2D eigenvalue weighted by molar-refractivity contribution is -0.744. The van der Waals surface area contributed by atoms with E-state index in [1.54, 1.807) is 6.07 Å². The first-order valence-corrected chi connectivity index (χ1v) is 19.6. The average molecular weight is 792 g/mol. The maximum absolute atomic E-state index is 14.1. The maximum Gasteiger partial charge on any atom is 0.404 e. The number of aldehydes is 1. The molecule has 2 heterocycles. The number of H-pyrrole nitrogens is 1. The Hall–Kier alpha value is -5.71. The first-order chi connectivity index (χ1) is 26.6. The standard InChI is InChI=1S/C39H39N2O14S/c1-22-26-14-15-27-38(28(20-42)37(2,3)17-16-29(38)43)21-53-36(47)39(27,30(22)44)31(26)54-35(46)24-12-10-23(11-13-24)34(45)52-19-7-18-51-32-33(41(48)55-40-32)56(49,50)25-8-5-4-6-9-25/h4-6,8-13,20,26-28,31,40H,1,7,14-19,21H2,2-3H3/q+1/t26-,27-,28+,31+,38-,39-/m0/s1. The second kappa shape index (κ2) is 14.1. The Labute approximate surface area is 319 Å². The predicted octanol–water partition coefficient (Wildman–Crippen LogP) is 3.41. The quantitative estimate of drug-likeness (QED) is 0.0734. The lowest BCUT2D eigenvalue weighted by atomic mass is 9.44. The molecule has 2 spiro atoms. The number of Topliss-reactive ketones (excluding diaryl/α,β-unsaturated/α-hetero) is 2. The van der Waals surface area contributed by atoms with E-state index in [1.807, 2.05) is 13.8 Å². The lowest BCUT2D eigenvalue weighted by Gasteiger charge is -2.59. The summed E-state index contributed by atoms with van der Waals surface area (Å²) in [4.78, 5) is 92.9. The van der Waals surface area contributed by atoms with Crippen LogP contribution < -0.4 is 9.34 Å². The molecule has 2 aromatic carbocycles. The van der Waals surface area contributed by atoms with E-state index in [1.165, 1.54) is 48.5 Å². The molecule has 2 bridgehead atoms. The molecule has 17 heteroatoms. The van der Waals surface area contributed by atoms with E-state index in [0.717, 1.165) is 6.29 Å². The van der Waals surface area contributed by atoms with Crippen molar-refractivity contribution in [1.82, 2.24) is 5.16 Å². The van der Waals surface area contributed by atoms with Crippen molar-refractivity contribution >= 4 is 45.6 Å². The zero-order valence-corrected chi connectivity index (χ0v) is 31.3. The minimum absolute atomic E-state index is 0.00120. The average Bonchev–Trinajstić information content (AvgIpc) is 3.61. The normalized spacial score (nSPS) is 28.0. The largest absolute Gasteiger partial charge is 0.464 e. The van der Waals surface area contributed by atoms with Crippen LogP contribution in [0.1, 0.15) is 66.7 Å². The highest BCUT2D eigenvalue weighted by Crippen LogP contribution is 2.67. The van der Waals surface area contributed by atoms with Gasteiger partial charge in [0.2, 0.25) is 4.60 Å². The number of nitrogens with zero attached hydrogens (tertiary/aromatic N) is 1. The van der Waals surface area contributed by atoms with Crippen LogP contribution in [0.4, 0.5) is 0 Å². The van der Waals surface area contributed by atoms with Gasteiger partial charge in [-0.05, 0) is 76.7 Å². The van der Waals surface area contributed by atoms with E-state index in [4.69, 9.17) is 18.9 Å². The molecule has 1 saturated heterocycles. The molecule has 3 aliphatic carbocycles. The Morgan fingerprint density at radius 3 is 2.36 bits per heavy atom. The first kappa shape index (κ1) is 38.6. The molecule has 56 heavy (non-hydrogen) atoms. The zero-order chi connectivity index (χ0) is 40.2. The minimum Gasteiger partial charge on any atom is -0.464 e. The highest BCUT2D eigenvalue weighted by atomic mass is 32.2. The number of cyclic esters (lactones) is 1. The van der Waals surface area contributed by atoms with Crippen molar-refractivity contribution in [3.05, 3.63) is 82.8 Å². The van der Waals surface area contributed by atoms with Crippen molar-refractivity contribution < 1.29 is 65.4 Å². The lowest BCUT2D eigenvalue weighted by Crippen LogP contribution is -2.70. The summed E-state index contributed by atoms with van der Waals surface area (Å²) >= 11 is 0. The van der Waals surface area contributed by atoms with Crippen LogP contribution in [0.2, 0.25) is 0 Å². The van der Waals surface area contributed by atoms with Gasteiger partial charge in [-0.2, -0.15) is 0 Å².